The quantitative estimate of drug-likeness (QED) is 0.493. The standard InChI is InChI=1S/C11H18O2/c1-3-4-5-9(2)8-10-6-7-13-11(10)12/h5,10H,3-4,6-8H2,1-2H3/b9-5+. The lowest BCUT2D eigenvalue weighted by Crippen LogP contribution is -2.07. The summed E-state index contributed by atoms with van der Waals surface area (Å²) < 4.78 is 4.90. The highest BCUT2D eigenvalue weighted by Gasteiger charge is 2.25. The summed E-state index contributed by atoms with van der Waals surface area (Å²) in [5.74, 6) is 0.123. The fourth-order valence-corrected chi connectivity index (χ4v) is 1.59. The summed E-state index contributed by atoms with van der Waals surface area (Å²) in [5, 5.41) is 0. The molecule has 1 fully saturated rings. The van der Waals surface area contributed by atoms with Gasteiger partial charge in [-0.25, -0.2) is 0 Å². The van der Waals surface area contributed by atoms with E-state index in [1.165, 1.54) is 12.0 Å². The molecule has 0 aliphatic carbocycles. The van der Waals surface area contributed by atoms with Crippen molar-refractivity contribution < 1.29 is 9.53 Å². The van der Waals surface area contributed by atoms with Crippen LogP contribution in [-0.2, 0) is 9.53 Å². The number of ether oxygens (including phenoxy) is 1. The van der Waals surface area contributed by atoms with Gasteiger partial charge in [0.2, 0.25) is 0 Å². The topological polar surface area (TPSA) is 26.3 Å². The van der Waals surface area contributed by atoms with Crippen LogP contribution in [0.2, 0.25) is 0 Å². The van der Waals surface area contributed by atoms with Gasteiger partial charge in [-0.2, -0.15) is 0 Å². The molecule has 0 aromatic rings. The zero-order valence-corrected chi connectivity index (χ0v) is 8.51. The number of unbranched alkanes of at least 4 members (excludes halogenated alkanes) is 1. The van der Waals surface area contributed by atoms with Crippen LogP contribution < -0.4 is 0 Å². The summed E-state index contributed by atoms with van der Waals surface area (Å²) in [4.78, 5) is 11.1. The van der Waals surface area contributed by atoms with Crippen molar-refractivity contribution in [2.45, 2.75) is 39.5 Å². The normalized spacial score (nSPS) is 23.4. The van der Waals surface area contributed by atoms with E-state index in [0.717, 1.165) is 19.3 Å². The molecule has 0 aromatic carbocycles. The zero-order valence-electron chi connectivity index (χ0n) is 8.51. The van der Waals surface area contributed by atoms with E-state index < -0.39 is 0 Å². The average molecular weight is 182 g/mol. The molecule has 1 heterocycles. The van der Waals surface area contributed by atoms with E-state index in [0.29, 0.717) is 6.61 Å². The van der Waals surface area contributed by atoms with Gasteiger partial charge in [0.25, 0.3) is 0 Å². The molecule has 0 spiro atoms. The Balaban J connectivity index is 2.34. The molecule has 0 saturated carbocycles. The van der Waals surface area contributed by atoms with Crippen molar-refractivity contribution in [2.24, 2.45) is 5.92 Å². The van der Waals surface area contributed by atoms with Crippen LogP contribution in [0, 0.1) is 5.92 Å². The van der Waals surface area contributed by atoms with Gasteiger partial charge in [0, 0.05) is 0 Å². The van der Waals surface area contributed by atoms with Crippen molar-refractivity contribution in [3.05, 3.63) is 11.6 Å². The first-order valence-corrected chi connectivity index (χ1v) is 5.06. The predicted molar refractivity (Wildman–Crippen MR) is 52.3 cm³/mol. The number of hydrogen-bond acceptors (Lipinski definition) is 2. The smallest absolute Gasteiger partial charge is 0.309 e. The van der Waals surface area contributed by atoms with E-state index in [2.05, 4.69) is 19.9 Å². The molecule has 1 unspecified atom stereocenters. The fourth-order valence-electron chi connectivity index (χ4n) is 1.59. The molecular weight excluding hydrogens is 164 g/mol. The van der Waals surface area contributed by atoms with E-state index in [-0.39, 0.29) is 11.9 Å². The number of allylic oxidation sites excluding steroid dienone is 2. The van der Waals surface area contributed by atoms with Crippen molar-refractivity contribution in [3.63, 3.8) is 0 Å². The summed E-state index contributed by atoms with van der Waals surface area (Å²) in [7, 11) is 0. The van der Waals surface area contributed by atoms with E-state index >= 15 is 0 Å². The van der Waals surface area contributed by atoms with Gasteiger partial charge in [0.15, 0.2) is 0 Å². The summed E-state index contributed by atoms with van der Waals surface area (Å²) in [6.45, 7) is 4.87. The van der Waals surface area contributed by atoms with Crippen LogP contribution >= 0.6 is 0 Å². The van der Waals surface area contributed by atoms with Gasteiger partial charge in [0.05, 0.1) is 12.5 Å². The number of carbonyl (C=O) groups is 1. The van der Waals surface area contributed by atoms with Crippen LogP contribution in [-0.4, -0.2) is 12.6 Å². The Hall–Kier alpha value is -0.790. The third-order valence-electron chi connectivity index (χ3n) is 2.39. The lowest BCUT2D eigenvalue weighted by molar-refractivity contribution is -0.141. The van der Waals surface area contributed by atoms with Gasteiger partial charge in [-0.05, 0) is 26.2 Å². The van der Waals surface area contributed by atoms with Crippen LogP contribution in [0.1, 0.15) is 39.5 Å². The summed E-state index contributed by atoms with van der Waals surface area (Å²) in [5.41, 5.74) is 1.32. The first-order chi connectivity index (χ1) is 6.24. The highest BCUT2D eigenvalue weighted by molar-refractivity contribution is 5.74. The van der Waals surface area contributed by atoms with Crippen LogP contribution in [0.25, 0.3) is 0 Å². The largest absolute Gasteiger partial charge is 0.465 e. The van der Waals surface area contributed by atoms with Gasteiger partial charge in [0.1, 0.15) is 0 Å². The second kappa shape index (κ2) is 5.05. The third kappa shape index (κ3) is 3.21. The molecule has 0 aromatic heterocycles. The Morgan fingerprint density at radius 3 is 3.00 bits per heavy atom. The molecule has 1 aliphatic heterocycles. The van der Waals surface area contributed by atoms with Crippen LogP contribution in [0.15, 0.2) is 11.6 Å². The van der Waals surface area contributed by atoms with Crippen molar-refractivity contribution >= 4 is 5.97 Å². The molecule has 1 aliphatic rings. The molecule has 13 heavy (non-hydrogen) atoms. The van der Waals surface area contributed by atoms with Crippen molar-refractivity contribution in [3.8, 4) is 0 Å². The SMILES string of the molecule is CCC/C=C(\C)CC1CCOC1=O. The Bertz CT molecular complexity index is 206. The number of hydrogen-bond donors (Lipinski definition) is 0. The summed E-state index contributed by atoms with van der Waals surface area (Å²) in [6.07, 6.45) is 6.31. The average Bonchev–Trinajstić information content (AvgIpc) is 2.48. The van der Waals surface area contributed by atoms with E-state index in [1.54, 1.807) is 0 Å². The van der Waals surface area contributed by atoms with Crippen molar-refractivity contribution in [2.75, 3.05) is 6.61 Å². The van der Waals surface area contributed by atoms with E-state index in [1.807, 2.05) is 0 Å². The molecular formula is C11H18O2. The molecule has 0 radical (unpaired) electrons. The second-order valence-electron chi connectivity index (χ2n) is 3.70. The molecule has 0 bridgehead atoms. The maximum atomic E-state index is 11.1. The lowest BCUT2D eigenvalue weighted by Gasteiger charge is -2.05. The van der Waals surface area contributed by atoms with Gasteiger partial charge in [-0.15, -0.1) is 0 Å². The Morgan fingerprint density at radius 2 is 2.46 bits per heavy atom. The molecule has 0 N–H and O–H groups in total. The number of esters is 1. The molecule has 1 saturated heterocycles. The first kappa shape index (κ1) is 10.3. The number of rotatable bonds is 4. The van der Waals surface area contributed by atoms with E-state index in [4.69, 9.17) is 4.74 Å². The maximum Gasteiger partial charge on any atom is 0.309 e. The second-order valence-corrected chi connectivity index (χ2v) is 3.70. The zero-order chi connectivity index (χ0) is 9.68. The summed E-state index contributed by atoms with van der Waals surface area (Å²) >= 11 is 0. The van der Waals surface area contributed by atoms with Gasteiger partial charge in [-0.3, -0.25) is 4.79 Å². The predicted octanol–water partition coefficient (Wildman–Crippen LogP) is 2.69. The molecule has 0 amide bonds. The fraction of sp³-hybridized carbons (Fsp3) is 0.727. The van der Waals surface area contributed by atoms with Gasteiger partial charge < -0.3 is 4.74 Å². The van der Waals surface area contributed by atoms with E-state index in [9.17, 15) is 4.79 Å². The molecule has 1 rings (SSSR count). The highest BCUT2D eigenvalue weighted by atomic mass is 16.5. The van der Waals surface area contributed by atoms with Crippen LogP contribution in [0.5, 0.6) is 0 Å². The van der Waals surface area contributed by atoms with Crippen molar-refractivity contribution in [1.82, 2.24) is 0 Å². The minimum atomic E-state index is -0.00996. The first-order valence-electron chi connectivity index (χ1n) is 5.06. The van der Waals surface area contributed by atoms with Gasteiger partial charge >= 0.3 is 5.97 Å². The molecule has 74 valence electrons. The Kier molecular flexibility index (Phi) is 4.00. The molecule has 2 heteroatoms. The van der Waals surface area contributed by atoms with Crippen LogP contribution in [0.4, 0.5) is 0 Å². The maximum absolute atomic E-state index is 11.1. The Labute approximate surface area is 80.0 Å². The minimum Gasteiger partial charge on any atom is -0.465 e. The highest BCUT2D eigenvalue weighted by Crippen LogP contribution is 2.22. The Morgan fingerprint density at radius 1 is 1.69 bits per heavy atom. The summed E-state index contributed by atoms with van der Waals surface area (Å²) in [6, 6.07) is 0. The van der Waals surface area contributed by atoms with Crippen molar-refractivity contribution in [1.29, 1.82) is 0 Å². The van der Waals surface area contributed by atoms with Gasteiger partial charge in [-0.1, -0.05) is 25.0 Å². The number of carbonyl (C=O) groups excluding carboxylic acids is 1. The third-order valence-corrected chi connectivity index (χ3v) is 2.39. The molecule has 1 atom stereocenters. The molecule has 2 nitrogen and oxygen atoms in total. The monoisotopic (exact) mass is 182 g/mol. The number of cyclic esters (lactones) is 1. The van der Waals surface area contributed by atoms with Crippen LogP contribution in [0.3, 0.4) is 0 Å². The minimum absolute atomic E-state index is 0.00996. The lowest BCUT2D eigenvalue weighted by atomic mass is 9.98.